The third-order valence-electron chi connectivity index (χ3n) is 1.88. The van der Waals surface area contributed by atoms with Gasteiger partial charge < -0.3 is 9.47 Å². The largest absolute Gasteiger partial charge is 0.493 e. The highest BCUT2D eigenvalue weighted by molar-refractivity contribution is 5.94. The third-order valence-corrected chi connectivity index (χ3v) is 1.88. The second-order valence-corrected chi connectivity index (χ2v) is 2.91. The van der Waals surface area contributed by atoms with Crippen molar-refractivity contribution in [2.75, 3.05) is 13.7 Å². The van der Waals surface area contributed by atoms with Crippen LogP contribution >= 0.6 is 0 Å². The van der Waals surface area contributed by atoms with E-state index >= 15 is 0 Å². The van der Waals surface area contributed by atoms with Crippen molar-refractivity contribution in [3.63, 3.8) is 0 Å². The monoisotopic (exact) mass is 204 g/mol. The molecule has 1 aromatic carbocycles. The number of hydrogen-bond donors (Lipinski definition) is 0. The third kappa shape index (κ3) is 2.75. The normalized spacial score (nSPS) is 9.13. The fraction of sp³-hybridized carbons (Fsp3) is 0.250. The zero-order chi connectivity index (χ0) is 11.3. The maximum Gasteiger partial charge on any atom is 0.162 e. The minimum atomic E-state index is -0.0169. The lowest BCUT2D eigenvalue weighted by atomic mass is 10.1. The summed E-state index contributed by atoms with van der Waals surface area (Å²) < 4.78 is 10.3. The molecule has 0 fully saturated rings. The van der Waals surface area contributed by atoms with E-state index in [1.54, 1.807) is 18.2 Å². The maximum absolute atomic E-state index is 11.1. The predicted octanol–water partition coefficient (Wildman–Crippen LogP) is 1.91. The quantitative estimate of drug-likeness (QED) is 0.555. The minimum absolute atomic E-state index is 0.0169. The first-order valence-electron chi connectivity index (χ1n) is 4.44. The number of benzene rings is 1. The Morgan fingerprint density at radius 1 is 1.47 bits per heavy atom. The molecule has 1 rings (SSSR count). The van der Waals surface area contributed by atoms with Gasteiger partial charge in [-0.3, -0.25) is 4.79 Å². The summed E-state index contributed by atoms with van der Waals surface area (Å²) in [6.45, 7) is 1.67. The highest BCUT2D eigenvalue weighted by Crippen LogP contribution is 2.27. The molecule has 78 valence electrons. The molecular formula is C12H12O3. The van der Waals surface area contributed by atoms with Crippen LogP contribution in [0.2, 0.25) is 0 Å². The first-order valence-corrected chi connectivity index (χ1v) is 4.44. The molecule has 0 aliphatic heterocycles. The highest BCUT2D eigenvalue weighted by Gasteiger charge is 2.07. The van der Waals surface area contributed by atoms with Crippen molar-refractivity contribution in [1.29, 1.82) is 0 Å². The van der Waals surface area contributed by atoms with Crippen LogP contribution in [-0.2, 0) is 0 Å². The number of hydrogen-bond acceptors (Lipinski definition) is 3. The van der Waals surface area contributed by atoms with Gasteiger partial charge >= 0.3 is 0 Å². The average Bonchev–Trinajstić information content (AvgIpc) is 2.25. The molecule has 0 heterocycles. The number of carbonyl (C=O) groups is 1. The fourth-order valence-electron chi connectivity index (χ4n) is 1.13. The Bertz CT molecular complexity index is 402. The van der Waals surface area contributed by atoms with Gasteiger partial charge in [-0.1, -0.05) is 5.92 Å². The first kappa shape index (κ1) is 11.1. The molecule has 0 N–H and O–H groups in total. The van der Waals surface area contributed by atoms with Crippen LogP contribution in [-0.4, -0.2) is 19.5 Å². The molecule has 0 bridgehead atoms. The van der Waals surface area contributed by atoms with Gasteiger partial charge in [-0.2, -0.15) is 0 Å². The molecule has 3 nitrogen and oxygen atoms in total. The van der Waals surface area contributed by atoms with Crippen molar-refractivity contribution in [1.82, 2.24) is 0 Å². The number of terminal acetylenes is 1. The second-order valence-electron chi connectivity index (χ2n) is 2.91. The van der Waals surface area contributed by atoms with Crippen molar-refractivity contribution in [2.45, 2.75) is 6.92 Å². The van der Waals surface area contributed by atoms with Crippen LogP contribution in [0.4, 0.5) is 0 Å². The fourth-order valence-corrected chi connectivity index (χ4v) is 1.13. The zero-order valence-corrected chi connectivity index (χ0v) is 8.74. The lowest BCUT2D eigenvalue weighted by molar-refractivity contribution is 0.101. The van der Waals surface area contributed by atoms with Gasteiger partial charge in [-0.05, 0) is 25.1 Å². The van der Waals surface area contributed by atoms with E-state index in [1.807, 2.05) is 0 Å². The number of methoxy groups -OCH3 is 1. The molecule has 0 aliphatic carbocycles. The van der Waals surface area contributed by atoms with Gasteiger partial charge in [0.05, 0.1) is 7.11 Å². The van der Waals surface area contributed by atoms with Crippen molar-refractivity contribution >= 4 is 5.78 Å². The van der Waals surface area contributed by atoms with Crippen LogP contribution in [0, 0.1) is 12.3 Å². The Labute approximate surface area is 89.0 Å². The van der Waals surface area contributed by atoms with E-state index in [9.17, 15) is 4.79 Å². The molecule has 0 saturated carbocycles. The molecule has 0 aromatic heterocycles. The van der Waals surface area contributed by atoms with Crippen molar-refractivity contribution < 1.29 is 14.3 Å². The van der Waals surface area contributed by atoms with E-state index in [2.05, 4.69) is 5.92 Å². The summed E-state index contributed by atoms with van der Waals surface area (Å²) in [7, 11) is 1.52. The minimum Gasteiger partial charge on any atom is -0.493 e. The summed E-state index contributed by atoms with van der Waals surface area (Å²) in [5, 5.41) is 0. The van der Waals surface area contributed by atoms with Gasteiger partial charge in [-0.15, -0.1) is 6.42 Å². The topological polar surface area (TPSA) is 35.5 Å². The average molecular weight is 204 g/mol. The molecule has 0 saturated heterocycles. The molecule has 0 radical (unpaired) electrons. The standard InChI is InChI=1S/C12H12O3/c1-4-7-15-11-6-5-10(9(2)13)8-12(11)14-3/h1,5-6,8H,7H2,2-3H3. The summed E-state index contributed by atoms with van der Waals surface area (Å²) in [5.41, 5.74) is 0.583. The van der Waals surface area contributed by atoms with E-state index in [4.69, 9.17) is 15.9 Å². The van der Waals surface area contributed by atoms with Gasteiger partial charge in [0.25, 0.3) is 0 Å². The molecule has 1 aromatic rings. The van der Waals surface area contributed by atoms with E-state index < -0.39 is 0 Å². The zero-order valence-electron chi connectivity index (χ0n) is 8.74. The van der Waals surface area contributed by atoms with E-state index in [0.717, 1.165) is 0 Å². The summed E-state index contributed by atoms with van der Waals surface area (Å²) in [6, 6.07) is 4.98. The molecule has 3 heteroatoms. The summed E-state index contributed by atoms with van der Waals surface area (Å²) >= 11 is 0. The number of ketones is 1. The predicted molar refractivity (Wildman–Crippen MR) is 57.3 cm³/mol. The van der Waals surface area contributed by atoms with Crippen LogP contribution in [0.5, 0.6) is 11.5 Å². The Morgan fingerprint density at radius 2 is 2.20 bits per heavy atom. The highest BCUT2D eigenvalue weighted by atomic mass is 16.5. The van der Waals surface area contributed by atoms with Gasteiger partial charge in [0, 0.05) is 5.56 Å². The molecule has 15 heavy (non-hydrogen) atoms. The lowest BCUT2D eigenvalue weighted by Gasteiger charge is -2.09. The first-order chi connectivity index (χ1) is 7.19. The van der Waals surface area contributed by atoms with Crippen molar-refractivity contribution in [2.24, 2.45) is 0 Å². The smallest absolute Gasteiger partial charge is 0.162 e. The number of Topliss-reactive ketones (excluding diaryl/α,β-unsaturated/α-hetero) is 1. The van der Waals surface area contributed by atoms with Crippen LogP contribution in [0.15, 0.2) is 18.2 Å². The van der Waals surface area contributed by atoms with Gasteiger partial charge in [0.2, 0.25) is 0 Å². The van der Waals surface area contributed by atoms with Crippen LogP contribution in [0.1, 0.15) is 17.3 Å². The summed E-state index contributed by atoms with van der Waals surface area (Å²) in [6.07, 6.45) is 5.08. The second kappa shape index (κ2) is 5.06. The molecular weight excluding hydrogens is 192 g/mol. The summed E-state index contributed by atoms with van der Waals surface area (Å²) in [5.74, 6) is 3.40. The molecule has 0 unspecified atom stereocenters. The van der Waals surface area contributed by atoms with Crippen molar-refractivity contribution in [3.8, 4) is 23.8 Å². The van der Waals surface area contributed by atoms with Gasteiger partial charge in [0.15, 0.2) is 17.3 Å². The van der Waals surface area contributed by atoms with Crippen LogP contribution in [0.3, 0.4) is 0 Å². The van der Waals surface area contributed by atoms with Crippen LogP contribution < -0.4 is 9.47 Å². The van der Waals surface area contributed by atoms with E-state index in [0.29, 0.717) is 17.1 Å². The molecule has 0 aliphatic rings. The Morgan fingerprint density at radius 3 is 2.73 bits per heavy atom. The van der Waals surface area contributed by atoms with Gasteiger partial charge in [-0.25, -0.2) is 0 Å². The van der Waals surface area contributed by atoms with Crippen molar-refractivity contribution in [3.05, 3.63) is 23.8 Å². The van der Waals surface area contributed by atoms with E-state index in [-0.39, 0.29) is 12.4 Å². The Balaban J connectivity index is 2.99. The lowest BCUT2D eigenvalue weighted by Crippen LogP contribution is -1.99. The molecule has 0 amide bonds. The number of ether oxygens (including phenoxy) is 2. The summed E-state index contributed by atoms with van der Waals surface area (Å²) in [4.78, 5) is 11.1. The number of rotatable bonds is 4. The van der Waals surface area contributed by atoms with Crippen LogP contribution in [0.25, 0.3) is 0 Å². The SMILES string of the molecule is C#CCOc1ccc(C(C)=O)cc1OC. The van der Waals surface area contributed by atoms with Gasteiger partial charge in [0.1, 0.15) is 6.61 Å². The Hall–Kier alpha value is -1.95. The maximum atomic E-state index is 11.1. The number of carbonyl (C=O) groups excluding carboxylic acids is 1. The Kier molecular flexibility index (Phi) is 3.75. The van der Waals surface area contributed by atoms with E-state index in [1.165, 1.54) is 14.0 Å². The molecule has 0 spiro atoms. The molecule has 0 atom stereocenters.